The average Bonchev–Trinajstić information content (AvgIpc) is 2.59. The van der Waals surface area contributed by atoms with Crippen molar-refractivity contribution in [3.05, 3.63) is 33.6 Å². The highest BCUT2D eigenvalue weighted by atomic mass is 16.6. The van der Waals surface area contributed by atoms with Crippen LogP contribution in [-0.4, -0.2) is 34.1 Å². The van der Waals surface area contributed by atoms with E-state index in [9.17, 15) is 14.4 Å². The lowest BCUT2D eigenvalue weighted by Gasteiger charge is -2.17. The molecule has 0 atom stereocenters. The summed E-state index contributed by atoms with van der Waals surface area (Å²) in [6.07, 6.45) is 0. The predicted octanol–water partition coefficient (Wildman–Crippen LogP) is 1.05. The number of amides is 1. The molecule has 0 aromatic carbocycles. The van der Waals surface area contributed by atoms with E-state index >= 15 is 0 Å². The van der Waals surface area contributed by atoms with E-state index in [-0.39, 0.29) is 16.8 Å². The lowest BCUT2D eigenvalue weighted by molar-refractivity contribution is -0.148. The van der Waals surface area contributed by atoms with E-state index in [1.54, 1.807) is 30.5 Å². The van der Waals surface area contributed by atoms with E-state index in [2.05, 4.69) is 22.1 Å². The van der Waals surface area contributed by atoms with Gasteiger partial charge in [0.15, 0.2) is 5.60 Å². The van der Waals surface area contributed by atoms with Crippen LogP contribution in [0.2, 0.25) is 0 Å². The topological polar surface area (TPSA) is 116 Å². The Morgan fingerprint density at radius 2 is 2.04 bits per heavy atom. The molecule has 2 aromatic rings. The second kappa shape index (κ2) is 7.50. The molecule has 8 nitrogen and oxygen atoms in total. The molecule has 0 radical (unpaired) electrons. The molecule has 0 aliphatic carbocycles. The number of nitrogens with two attached hydrogens (primary N) is 1. The SMILES string of the molecule is CCn1c(N)c(C(=O)NC)c(=O)c2ccc(C#CC(C)(C)OC(C)=O)nc21. The predicted molar refractivity (Wildman–Crippen MR) is 102 cm³/mol. The summed E-state index contributed by atoms with van der Waals surface area (Å²) in [5.41, 5.74) is 5.20. The Hall–Kier alpha value is -3.34. The number of anilines is 1. The van der Waals surface area contributed by atoms with Crippen LogP contribution in [0.1, 0.15) is 43.7 Å². The van der Waals surface area contributed by atoms with Crippen molar-refractivity contribution in [3.63, 3.8) is 0 Å². The van der Waals surface area contributed by atoms with Crippen molar-refractivity contribution in [3.8, 4) is 11.8 Å². The second-order valence-corrected chi connectivity index (χ2v) is 6.33. The van der Waals surface area contributed by atoms with E-state index in [1.807, 2.05) is 6.92 Å². The smallest absolute Gasteiger partial charge is 0.304 e. The molecule has 2 aromatic heterocycles. The van der Waals surface area contributed by atoms with Crippen LogP contribution in [0.3, 0.4) is 0 Å². The van der Waals surface area contributed by atoms with Gasteiger partial charge in [-0.3, -0.25) is 14.4 Å². The number of pyridine rings is 2. The minimum atomic E-state index is -0.977. The summed E-state index contributed by atoms with van der Waals surface area (Å²) >= 11 is 0. The first-order valence-corrected chi connectivity index (χ1v) is 8.39. The molecular formula is C19H22N4O4. The fraction of sp³-hybridized carbons (Fsp3) is 0.368. The number of carbonyl (C=O) groups excluding carboxylic acids is 2. The van der Waals surface area contributed by atoms with Gasteiger partial charge in [0.25, 0.3) is 5.91 Å². The average molecular weight is 370 g/mol. The molecule has 27 heavy (non-hydrogen) atoms. The Bertz CT molecular complexity index is 1040. The number of hydrogen-bond donors (Lipinski definition) is 2. The van der Waals surface area contributed by atoms with E-state index in [0.29, 0.717) is 17.9 Å². The van der Waals surface area contributed by atoms with Gasteiger partial charge in [-0.1, -0.05) is 0 Å². The van der Waals surface area contributed by atoms with Gasteiger partial charge in [0.2, 0.25) is 5.43 Å². The summed E-state index contributed by atoms with van der Waals surface area (Å²) < 4.78 is 6.71. The van der Waals surface area contributed by atoms with E-state index in [0.717, 1.165) is 0 Å². The summed E-state index contributed by atoms with van der Waals surface area (Å²) in [6.45, 7) is 6.88. The molecule has 2 heterocycles. The molecule has 0 saturated heterocycles. The molecule has 0 unspecified atom stereocenters. The van der Waals surface area contributed by atoms with Gasteiger partial charge in [-0.25, -0.2) is 4.98 Å². The summed E-state index contributed by atoms with van der Waals surface area (Å²) in [5, 5.41) is 2.70. The lowest BCUT2D eigenvalue weighted by Crippen LogP contribution is -2.30. The maximum atomic E-state index is 12.7. The molecule has 3 N–H and O–H groups in total. The number of rotatable bonds is 3. The number of nitrogens with one attached hydrogen (secondary N) is 1. The largest absolute Gasteiger partial charge is 0.447 e. The fourth-order valence-electron chi connectivity index (χ4n) is 2.66. The van der Waals surface area contributed by atoms with Crippen LogP contribution < -0.4 is 16.5 Å². The van der Waals surface area contributed by atoms with Gasteiger partial charge >= 0.3 is 5.97 Å². The summed E-state index contributed by atoms with van der Waals surface area (Å²) in [5.74, 6) is 4.75. The molecule has 142 valence electrons. The first kappa shape index (κ1) is 20.0. The summed E-state index contributed by atoms with van der Waals surface area (Å²) in [6, 6.07) is 3.13. The number of aryl methyl sites for hydroxylation is 1. The van der Waals surface area contributed by atoms with Crippen LogP contribution in [0, 0.1) is 11.8 Å². The quantitative estimate of drug-likeness (QED) is 0.616. The highest BCUT2D eigenvalue weighted by Crippen LogP contribution is 2.17. The van der Waals surface area contributed by atoms with E-state index in [1.165, 1.54) is 14.0 Å². The van der Waals surface area contributed by atoms with Crippen LogP contribution in [0.4, 0.5) is 5.82 Å². The number of fused-ring (bicyclic) bond motifs is 1. The van der Waals surface area contributed by atoms with Crippen molar-refractivity contribution in [2.45, 2.75) is 39.8 Å². The van der Waals surface area contributed by atoms with Crippen LogP contribution in [-0.2, 0) is 16.1 Å². The standard InChI is InChI=1S/C19H22N4O4/c1-6-23-16(20)14(18(26)21-5)15(25)13-8-7-12(22-17(13)23)9-10-19(3,4)27-11(2)24/h7-8H,6,20H2,1-5H3,(H,21,26). The van der Waals surface area contributed by atoms with Crippen molar-refractivity contribution < 1.29 is 14.3 Å². The fourth-order valence-corrected chi connectivity index (χ4v) is 2.66. The van der Waals surface area contributed by atoms with Gasteiger partial charge in [0.05, 0.1) is 5.39 Å². The van der Waals surface area contributed by atoms with E-state index < -0.39 is 22.9 Å². The van der Waals surface area contributed by atoms with E-state index in [4.69, 9.17) is 10.5 Å². The van der Waals surface area contributed by atoms with Gasteiger partial charge in [-0.05, 0) is 44.7 Å². The number of nitrogen functional groups attached to an aromatic ring is 1. The minimum Gasteiger partial charge on any atom is -0.447 e. The third kappa shape index (κ3) is 4.08. The third-order valence-electron chi connectivity index (χ3n) is 3.81. The number of hydrogen-bond acceptors (Lipinski definition) is 6. The molecule has 0 aliphatic rings. The number of aromatic nitrogens is 2. The van der Waals surface area contributed by atoms with Crippen molar-refractivity contribution in [1.29, 1.82) is 0 Å². The Morgan fingerprint density at radius 3 is 2.59 bits per heavy atom. The minimum absolute atomic E-state index is 0.0483. The zero-order valence-corrected chi connectivity index (χ0v) is 16.0. The maximum Gasteiger partial charge on any atom is 0.304 e. The number of carbonyl (C=O) groups is 2. The first-order chi connectivity index (χ1) is 12.6. The molecule has 8 heteroatoms. The van der Waals surface area contributed by atoms with Crippen molar-refractivity contribution in [2.75, 3.05) is 12.8 Å². The Balaban J connectivity index is 2.67. The Kier molecular flexibility index (Phi) is 5.55. The van der Waals surface area contributed by atoms with Gasteiger partial charge in [-0.15, -0.1) is 0 Å². The van der Waals surface area contributed by atoms with Crippen LogP contribution in [0.15, 0.2) is 16.9 Å². The number of ether oxygens (including phenoxy) is 1. The monoisotopic (exact) mass is 370 g/mol. The molecule has 0 saturated carbocycles. The van der Waals surface area contributed by atoms with Crippen molar-refractivity contribution in [1.82, 2.24) is 14.9 Å². The molecule has 0 bridgehead atoms. The second-order valence-electron chi connectivity index (χ2n) is 6.33. The van der Waals surface area contributed by atoms with Crippen molar-refractivity contribution >= 4 is 28.7 Å². The van der Waals surface area contributed by atoms with Gasteiger partial charge in [-0.2, -0.15) is 0 Å². The number of esters is 1. The summed E-state index contributed by atoms with van der Waals surface area (Å²) in [7, 11) is 1.43. The summed E-state index contributed by atoms with van der Waals surface area (Å²) in [4.78, 5) is 40.3. The normalized spacial score (nSPS) is 10.9. The maximum absolute atomic E-state index is 12.7. The molecular weight excluding hydrogens is 348 g/mol. The lowest BCUT2D eigenvalue weighted by atomic mass is 10.1. The van der Waals surface area contributed by atoms with Crippen molar-refractivity contribution in [2.24, 2.45) is 0 Å². The molecule has 0 fully saturated rings. The Labute approximate surface area is 156 Å². The highest BCUT2D eigenvalue weighted by Gasteiger charge is 2.21. The number of nitrogens with zero attached hydrogens (tertiary/aromatic N) is 2. The van der Waals surface area contributed by atoms with Gasteiger partial charge < -0.3 is 20.4 Å². The Morgan fingerprint density at radius 1 is 1.37 bits per heavy atom. The first-order valence-electron chi connectivity index (χ1n) is 8.39. The molecule has 2 rings (SSSR count). The van der Waals surface area contributed by atoms with Crippen LogP contribution in [0.5, 0.6) is 0 Å². The zero-order valence-electron chi connectivity index (χ0n) is 16.0. The van der Waals surface area contributed by atoms with Gasteiger partial charge in [0.1, 0.15) is 22.7 Å². The third-order valence-corrected chi connectivity index (χ3v) is 3.81. The molecule has 0 spiro atoms. The van der Waals surface area contributed by atoms with Crippen LogP contribution >= 0.6 is 0 Å². The molecule has 0 aliphatic heterocycles. The molecule has 1 amide bonds. The zero-order chi connectivity index (χ0) is 20.4. The van der Waals surface area contributed by atoms with Gasteiger partial charge in [0, 0.05) is 20.5 Å². The van der Waals surface area contributed by atoms with Crippen LogP contribution in [0.25, 0.3) is 11.0 Å². The highest BCUT2D eigenvalue weighted by molar-refractivity contribution is 6.01.